The van der Waals surface area contributed by atoms with Gasteiger partial charge in [-0.05, 0) is 71.5 Å². The van der Waals surface area contributed by atoms with Crippen molar-refractivity contribution < 1.29 is 4.74 Å². The molecule has 2 N–H and O–H groups in total. The molecule has 0 saturated heterocycles. The fourth-order valence-electron chi connectivity index (χ4n) is 1.48. The molecule has 2 aromatic carbocycles. The zero-order valence-electron chi connectivity index (χ0n) is 9.56. The van der Waals surface area contributed by atoms with Crippen LogP contribution in [-0.2, 0) is 0 Å². The van der Waals surface area contributed by atoms with Crippen LogP contribution in [0.5, 0.6) is 11.5 Å². The summed E-state index contributed by atoms with van der Waals surface area (Å²) in [4.78, 5) is 0. The molecule has 0 amide bonds. The van der Waals surface area contributed by atoms with Crippen LogP contribution in [0.25, 0.3) is 0 Å². The van der Waals surface area contributed by atoms with E-state index in [1.807, 2.05) is 55.5 Å². The van der Waals surface area contributed by atoms with E-state index in [0.29, 0.717) is 0 Å². The lowest BCUT2D eigenvalue weighted by atomic mass is 10.1. The first-order chi connectivity index (χ1) is 8.15. The maximum atomic E-state index is 5.79. The number of benzene rings is 2. The van der Waals surface area contributed by atoms with Gasteiger partial charge >= 0.3 is 0 Å². The van der Waals surface area contributed by atoms with Gasteiger partial charge < -0.3 is 10.5 Å². The van der Waals surface area contributed by atoms with Gasteiger partial charge in [-0.25, -0.2) is 0 Å². The van der Waals surface area contributed by atoms with Gasteiger partial charge in [0, 0.05) is 9.61 Å². The topological polar surface area (TPSA) is 35.2 Å². The number of ether oxygens (including phenoxy) is 1. The van der Waals surface area contributed by atoms with E-state index in [-0.39, 0.29) is 6.04 Å². The average Bonchev–Trinajstić information content (AvgIpc) is 2.33. The van der Waals surface area contributed by atoms with Crippen LogP contribution in [0.4, 0.5) is 0 Å². The quantitative estimate of drug-likeness (QED) is 0.855. The molecule has 2 nitrogen and oxygen atoms in total. The fraction of sp³-hybridized carbons (Fsp3) is 0.143. The van der Waals surface area contributed by atoms with E-state index < -0.39 is 0 Å². The Labute approximate surface area is 115 Å². The second-order valence-corrected chi connectivity index (χ2v) is 5.16. The molecule has 0 aliphatic rings. The van der Waals surface area contributed by atoms with Crippen LogP contribution in [0.3, 0.4) is 0 Å². The Bertz CT molecular complexity index is 477. The number of halogens is 1. The first kappa shape index (κ1) is 12.4. The molecule has 0 bridgehead atoms. The van der Waals surface area contributed by atoms with Crippen LogP contribution in [0.15, 0.2) is 48.5 Å². The summed E-state index contributed by atoms with van der Waals surface area (Å²) in [5, 5.41) is 0. The summed E-state index contributed by atoms with van der Waals surface area (Å²) in [6.45, 7) is 1.97. The molecule has 3 heteroatoms. The van der Waals surface area contributed by atoms with Crippen molar-refractivity contribution in [1.29, 1.82) is 0 Å². The first-order valence-corrected chi connectivity index (χ1v) is 6.52. The molecule has 0 heterocycles. The molecule has 88 valence electrons. The molecule has 17 heavy (non-hydrogen) atoms. The van der Waals surface area contributed by atoms with Crippen LogP contribution in [0.1, 0.15) is 18.5 Å². The largest absolute Gasteiger partial charge is 0.457 e. The zero-order chi connectivity index (χ0) is 12.3. The van der Waals surface area contributed by atoms with Crippen molar-refractivity contribution in [2.75, 3.05) is 0 Å². The molecule has 0 aliphatic heterocycles. The Morgan fingerprint density at radius 1 is 0.941 bits per heavy atom. The highest BCUT2D eigenvalue weighted by atomic mass is 127. The van der Waals surface area contributed by atoms with Gasteiger partial charge in [0.15, 0.2) is 0 Å². The van der Waals surface area contributed by atoms with E-state index in [9.17, 15) is 0 Å². The van der Waals surface area contributed by atoms with Crippen LogP contribution >= 0.6 is 22.6 Å². The van der Waals surface area contributed by atoms with E-state index in [2.05, 4.69) is 22.6 Å². The summed E-state index contributed by atoms with van der Waals surface area (Å²) in [6, 6.07) is 15.9. The number of rotatable bonds is 3. The molecule has 2 aromatic rings. The van der Waals surface area contributed by atoms with Crippen LogP contribution in [-0.4, -0.2) is 0 Å². The van der Waals surface area contributed by atoms with Gasteiger partial charge in [0.05, 0.1) is 0 Å². The van der Waals surface area contributed by atoms with E-state index in [0.717, 1.165) is 17.1 Å². The second kappa shape index (κ2) is 5.51. The van der Waals surface area contributed by atoms with Crippen molar-refractivity contribution in [3.8, 4) is 11.5 Å². The van der Waals surface area contributed by atoms with Gasteiger partial charge in [0.1, 0.15) is 11.5 Å². The van der Waals surface area contributed by atoms with Gasteiger partial charge in [0.2, 0.25) is 0 Å². The summed E-state index contributed by atoms with van der Waals surface area (Å²) in [7, 11) is 0. The van der Waals surface area contributed by atoms with Crippen molar-refractivity contribution in [3.05, 3.63) is 57.7 Å². The highest BCUT2D eigenvalue weighted by Crippen LogP contribution is 2.23. The van der Waals surface area contributed by atoms with E-state index in [4.69, 9.17) is 10.5 Å². The molecule has 0 aromatic heterocycles. The van der Waals surface area contributed by atoms with Gasteiger partial charge in [-0.2, -0.15) is 0 Å². The molecule has 0 aliphatic carbocycles. The van der Waals surface area contributed by atoms with Crippen molar-refractivity contribution in [1.82, 2.24) is 0 Å². The molecule has 0 unspecified atom stereocenters. The predicted molar refractivity (Wildman–Crippen MR) is 78.3 cm³/mol. The Balaban J connectivity index is 2.11. The van der Waals surface area contributed by atoms with Gasteiger partial charge in [-0.15, -0.1) is 0 Å². The Morgan fingerprint density at radius 2 is 1.41 bits per heavy atom. The number of hydrogen-bond donors (Lipinski definition) is 1. The lowest BCUT2D eigenvalue weighted by molar-refractivity contribution is 0.482. The highest BCUT2D eigenvalue weighted by molar-refractivity contribution is 14.1. The minimum Gasteiger partial charge on any atom is -0.457 e. The number of nitrogens with two attached hydrogens (primary N) is 1. The third kappa shape index (κ3) is 3.44. The third-order valence-corrected chi connectivity index (χ3v) is 3.17. The summed E-state index contributed by atoms with van der Waals surface area (Å²) in [6.07, 6.45) is 0. The van der Waals surface area contributed by atoms with Crippen LogP contribution in [0, 0.1) is 3.57 Å². The molecule has 0 spiro atoms. The van der Waals surface area contributed by atoms with Gasteiger partial charge in [0.25, 0.3) is 0 Å². The fourth-order valence-corrected chi connectivity index (χ4v) is 1.84. The molecule has 2 rings (SSSR count). The van der Waals surface area contributed by atoms with Crippen LogP contribution in [0.2, 0.25) is 0 Å². The molecular formula is C14H14INO. The number of hydrogen-bond acceptors (Lipinski definition) is 2. The zero-order valence-corrected chi connectivity index (χ0v) is 11.7. The van der Waals surface area contributed by atoms with Crippen molar-refractivity contribution in [2.24, 2.45) is 5.73 Å². The van der Waals surface area contributed by atoms with Gasteiger partial charge in [-0.1, -0.05) is 12.1 Å². The smallest absolute Gasteiger partial charge is 0.127 e. The molecular weight excluding hydrogens is 325 g/mol. The third-order valence-electron chi connectivity index (χ3n) is 2.46. The van der Waals surface area contributed by atoms with Crippen molar-refractivity contribution in [2.45, 2.75) is 13.0 Å². The SMILES string of the molecule is C[C@H](N)c1ccc(Oc2ccc(I)cc2)cc1. The lowest BCUT2D eigenvalue weighted by Crippen LogP contribution is -2.04. The van der Waals surface area contributed by atoms with Gasteiger partial charge in [-0.3, -0.25) is 0 Å². The van der Waals surface area contributed by atoms with Crippen molar-refractivity contribution in [3.63, 3.8) is 0 Å². The van der Waals surface area contributed by atoms with Crippen LogP contribution < -0.4 is 10.5 Å². The monoisotopic (exact) mass is 339 g/mol. The lowest BCUT2D eigenvalue weighted by Gasteiger charge is -2.08. The Hall–Kier alpha value is -1.07. The minimum absolute atomic E-state index is 0.0577. The normalized spacial score (nSPS) is 12.2. The van der Waals surface area contributed by atoms with Crippen molar-refractivity contribution >= 4 is 22.6 Å². The molecule has 0 saturated carbocycles. The summed E-state index contributed by atoms with van der Waals surface area (Å²) in [5.74, 6) is 1.68. The Morgan fingerprint density at radius 3 is 1.88 bits per heavy atom. The predicted octanol–water partition coefficient (Wildman–Crippen LogP) is 4.10. The molecule has 0 radical (unpaired) electrons. The average molecular weight is 339 g/mol. The maximum absolute atomic E-state index is 5.79. The first-order valence-electron chi connectivity index (χ1n) is 5.44. The van der Waals surface area contributed by atoms with E-state index in [1.54, 1.807) is 0 Å². The highest BCUT2D eigenvalue weighted by Gasteiger charge is 2.00. The van der Waals surface area contributed by atoms with E-state index >= 15 is 0 Å². The summed E-state index contributed by atoms with van der Waals surface area (Å²) >= 11 is 2.27. The minimum atomic E-state index is 0.0577. The standard InChI is InChI=1S/C14H14INO/c1-10(16)11-2-6-13(7-3-11)17-14-8-4-12(15)5-9-14/h2-10H,16H2,1H3/t10-/m0/s1. The molecule has 1 atom stereocenters. The maximum Gasteiger partial charge on any atom is 0.127 e. The summed E-state index contributed by atoms with van der Waals surface area (Å²) < 4.78 is 6.92. The Kier molecular flexibility index (Phi) is 4.02. The summed E-state index contributed by atoms with van der Waals surface area (Å²) in [5.41, 5.74) is 6.90. The second-order valence-electron chi connectivity index (χ2n) is 3.91. The van der Waals surface area contributed by atoms with E-state index in [1.165, 1.54) is 3.57 Å². The molecule has 0 fully saturated rings.